The average Bonchev–Trinajstić information content (AvgIpc) is 3.20. The minimum absolute atomic E-state index is 0.168. The molecule has 1 amide bonds. The van der Waals surface area contributed by atoms with Gasteiger partial charge in [-0.2, -0.15) is 0 Å². The summed E-state index contributed by atoms with van der Waals surface area (Å²) in [7, 11) is 0. The Bertz CT molecular complexity index is 928. The van der Waals surface area contributed by atoms with Crippen LogP contribution in [0.1, 0.15) is 10.4 Å². The number of piperazine rings is 1. The second kappa shape index (κ2) is 8.55. The van der Waals surface area contributed by atoms with Crippen LogP contribution in [-0.2, 0) is 6.54 Å². The maximum absolute atomic E-state index is 12.8. The zero-order valence-electron chi connectivity index (χ0n) is 15.3. The molecule has 0 atom stereocenters. The first-order valence-electron chi connectivity index (χ1n) is 9.25. The number of amides is 1. The fourth-order valence-corrected chi connectivity index (χ4v) is 4.46. The molecule has 4 rings (SSSR count). The number of halogens is 1. The minimum Gasteiger partial charge on any atom is -0.491 e. The smallest absolute Gasteiger partial charge is 0.267 e. The van der Waals surface area contributed by atoms with Crippen molar-refractivity contribution in [2.45, 2.75) is 11.7 Å². The van der Waals surface area contributed by atoms with Crippen molar-refractivity contribution in [2.24, 2.45) is 0 Å². The van der Waals surface area contributed by atoms with E-state index in [1.807, 2.05) is 18.2 Å². The van der Waals surface area contributed by atoms with Gasteiger partial charge in [0.15, 0.2) is 5.16 Å². The summed E-state index contributed by atoms with van der Waals surface area (Å²) in [5.41, 5.74) is -0.0580. The molecule has 2 aliphatic rings. The maximum Gasteiger partial charge on any atom is 0.267 e. The summed E-state index contributed by atoms with van der Waals surface area (Å²) in [4.78, 5) is 33.6. The Morgan fingerprint density at radius 2 is 1.96 bits per heavy atom. The molecule has 0 radical (unpaired) electrons. The molecule has 2 aliphatic heterocycles. The number of aromatic nitrogens is 2. The Hall–Kier alpha value is -2.03. The number of ether oxygens (including phenoxy) is 1. The number of nitrogens with zero attached hydrogens (tertiary/aromatic N) is 4. The lowest BCUT2D eigenvalue weighted by Gasteiger charge is -2.34. The Kier molecular flexibility index (Phi) is 5.89. The highest BCUT2D eigenvalue weighted by Gasteiger charge is 2.26. The Morgan fingerprint density at radius 3 is 2.75 bits per heavy atom. The summed E-state index contributed by atoms with van der Waals surface area (Å²) in [6, 6.07) is 7.41. The third kappa shape index (κ3) is 4.04. The molecule has 148 valence electrons. The van der Waals surface area contributed by atoms with Crippen molar-refractivity contribution in [1.82, 2.24) is 19.4 Å². The lowest BCUT2D eigenvalue weighted by molar-refractivity contribution is 0.0617. The molecule has 0 bridgehead atoms. The van der Waals surface area contributed by atoms with Gasteiger partial charge in [0.1, 0.15) is 17.9 Å². The van der Waals surface area contributed by atoms with Gasteiger partial charge in [0.05, 0.1) is 5.02 Å². The molecule has 0 aliphatic carbocycles. The Morgan fingerprint density at radius 1 is 1.18 bits per heavy atom. The van der Waals surface area contributed by atoms with E-state index >= 15 is 0 Å². The molecule has 7 nitrogen and oxygen atoms in total. The Balaban J connectivity index is 1.29. The van der Waals surface area contributed by atoms with Crippen molar-refractivity contribution in [3.8, 4) is 5.75 Å². The molecule has 0 saturated carbocycles. The molecular formula is C19H21ClN4O3S. The molecule has 0 unspecified atom stereocenters. The van der Waals surface area contributed by atoms with Gasteiger partial charge >= 0.3 is 0 Å². The number of carbonyl (C=O) groups is 1. The predicted molar refractivity (Wildman–Crippen MR) is 109 cm³/mol. The maximum atomic E-state index is 12.8. The molecule has 0 spiro atoms. The number of rotatable bonds is 5. The molecule has 1 aromatic heterocycles. The second-order valence-corrected chi connectivity index (χ2v) is 8.14. The first-order valence-corrected chi connectivity index (χ1v) is 10.6. The van der Waals surface area contributed by atoms with Crippen molar-refractivity contribution in [3.63, 3.8) is 0 Å². The van der Waals surface area contributed by atoms with Gasteiger partial charge in [-0.25, -0.2) is 4.98 Å². The quantitative estimate of drug-likeness (QED) is 0.687. The number of benzene rings is 1. The standard InChI is InChI=1S/C19H21ClN4O3S/c20-15-3-1-2-4-16(15)27-11-9-22-5-7-23(8-6-22)17(25)14-13-21-19-24(18(14)26)10-12-28-19/h1-4,13H,5-12H2. The fraction of sp³-hybridized carbons (Fsp3) is 0.421. The normalized spacial score (nSPS) is 16.8. The van der Waals surface area contributed by atoms with Gasteiger partial charge in [-0.1, -0.05) is 35.5 Å². The van der Waals surface area contributed by atoms with E-state index in [1.165, 1.54) is 6.20 Å². The van der Waals surface area contributed by atoms with E-state index in [0.29, 0.717) is 42.2 Å². The van der Waals surface area contributed by atoms with Gasteiger partial charge in [-0.3, -0.25) is 19.1 Å². The number of thioether (sulfide) groups is 1. The largest absolute Gasteiger partial charge is 0.491 e. The molecule has 1 saturated heterocycles. The number of hydrogen-bond donors (Lipinski definition) is 0. The molecule has 1 aromatic carbocycles. The van der Waals surface area contributed by atoms with Crippen LogP contribution in [0.3, 0.4) is 0 Å². The zero-order chi connectivity index (χ0) is 19.5. The minimum atomic E-state index is -0.226. The van der Waals surface area contributed by atoms with Crippen LogP contribution in [0.4, 0.5) is 0 Å². The molecule has 3 heterocycles. The second-order valence-electron chi connectivity index (χ2n) is 6.67. The summed E-state index contributed by atoms with van der Waals surface area (Å²) in [5, 5.41) is 1.30. The van der Waals surface area contributed by atoms with E-state index in [9.17, 15) is 9.59 Å². The van der Waals surface area contributed by atoms with Crippen molar-refractivity contribution in [2.75, 3.05) is 45.1 Å². The van der Waals surface area contributed by atoms with Crippen LogP contribution in [0.25, 0.3) is 0 Å². The highest BCUT2D eigenvalue weighted by molar-refractivity contribution is 7.99. The van der Waals surface area contributed by atoms with Crippen molar-refractivity contribution in [1.29, 1.82) is 0 Å². The van der Waals surface area contributed by atoms with E-state index in [4.69, 9.17) is 16.3 Å². The van der Waals surface area contributed by atoms with Gasteiger partial charge in [0, 0.05) is 51.2 Å². The Labute approximate surface area is 172 Å². The third-order valence-electron chi connectivity index (χ3n) is 4.95. The van der Waals surface area contributed by atoms with Crippen LogP contribution < -0.4 is 10.3 Å². The first kappa shape index (κ1) is 19.3. The van der Waals surface area contributed by atoms with E-state index in [1.54, 1.807) is 27.3 Å². The van der Waals surface area contributed by atoms with Gasteiger partial charge < -0.3 is 9.64 Å². The number of hydrogen-bond acceptors (Lipinski definition) is 6. The summed E-state index contributed by atoms with van der Waals surface area (Å²) < 4.78 is 7.33. The van der Waals surface area contributed by atoms with E-state index in [2.05, 4.69) is 9.88 Å². The van der Waals surface area contributed by atoms with Crippen LogP contribution >= 0.6 is 23.4 Å². The van der Waals surface area contributed by atoms with E-state index in [0.717, 1.165) is 25.4 Å². The average molecular weight is 421 g/mol. The lowest BCUT2D eigenvalue weighted by Crippen LogP contribution is -2.50. The lowest BCUT2D eigenvalue weighted by atomic mass is 10.2. The summed E-state index contributed by atoms with van der Waals surface area (Å²) in [6.45, 7) is 4.56. The predicted octanol–water partition coefficient (Wildman–Crippen LogP) is 1.84. The highest BCUT2D eigenvalue weighted by Crippen LogP contribution is 2.23. The topological polar surface area (TPSA) is 67.7 Å². The molecular weight excluding hydrogens is 400 g/mol. The van der Waals surface area contributed by atoms with Crippen molar-refractivity contribution in [3.05, 3.63) is 51.4 Å². The summed E-state index contributed by atoms with van der Waals surface area (Å²) >= 11 is 7.63. The van der Waals surface area contributed by atoms with Gasteiger partial charge in [0.25, 0.3) is 11.5 Å². The van der Waals surface area contributed by atoms with E-state index < -0.39 is 0 Å². The third-order valence-corrected chi connectivity index (χ3v) is 6.23. The molecule has 1 fully saturated rings. The molecule has 0 N–H and O–H groups in total. The highest BCUT2D eigenvalue weighted by atomic mass is 35.5. The fourth-order valence-electron chi connectivity index (χ4n) is 3.36. The van der Waals surface area contributed by atoms with Crippen LogP contribution in [0.15, 0.2) is 40.4 Å². The van der Waals surface area contributed by atoms with Crippen LogP contribution in [0.2, 0.25) is 5.02 Å². The monoisotopic (exact) mass is 420 g/mol. The van der Waals surface area contributed by atoms with Gasteiger partial charge in [-0.05, 0) is 12.1 Å². The van der Waals surface area contributed by atoms with Crippen LogP contribution in [0.5, 0.6) is 5.75 Å². The SMILES string of the molecule is O=C(c1cnc2n(c1=O)CCS2)N1CCN(CCOc2ccccc2Cl)CC1. The van der Waals surface area contributed by atoms with Crippen molar-refractivity contribution < 1.29 is 9.53 Å². The first-order chi connectivity index (χ1) is 13.6. The summed E-state index contributed by atoms with van der Waals surface area (Å²) in [6.07, 6.45) is 1.43. The van der Waals surface area contributed by atoms with Crippen LogP contribution in [0, 0.1) is 0 Å². The number of carbonyl (C=O) groups excluding carboxylic acids is 1. The summed E-state index contributed by atoms with van der Waals surface area (Å²) in [5.74, 6) is 1.28. The molecule has 9 heteroatoms. The van der Waals surface area contributed by atoms with Gasteiger partial charge in [-0.15, -0.1) is 0 Å². The van der Waals surface area contributed by atoms with Gasteiger partial charge in [0.2, 0.25) is 0 Å². The van der Waals surface area contributed by atoms with E-state index in [-0.39, 0.29) is 17.0 Å². The number of fused-ring (bicyclic) bond motifs is 1. The molecule has 2 aromatic rings. The van der Waals surface area contributed by atoms with Crippen molar-refractivity contribution >= 4 is 29.3 Å². The zero-order valence-corrected chi connectivity index (χ0v) is 16.9. The van der Waals surface area contributed by atoms with Crippen LogP contribution in [-0.4, -0.2) is 70.3 Å². The molecule has 28 heavy (non-hydrogen) atoms. The number of para-hydroxylation sites is 1.